The van der Waals surface area contributed by atoms with E-state index < -0.39 is 17.0 Å². The summed E-state index contributed by atoms with van der Waals surface area (Å²) in [5.74, 6) is 0.438. The maximum absolute atomic E-state index is 12.0. The molecule has 1 heterocycles. The summed E-state index contributed by atoms with van der Waals surface area (Å²) in [5, 5.41) is 11.1. The molecular weight excluding hydrogens is 330 g/mol. The molecule has 2 rings (SSSR count). The molecule has 1 unspecified atom stereocenters. The molecule has 8 nitrogen and oxygen atoms in total. The van der Waals surface area contributed by atoms with Gasteiger partial charge >= 0.3 is 5.97 Å². The Morgan fingerprint density at radius 3 is 2.80 bits per heavy atom. The number of non-ortho nitro benzene ring substituents is 1. The summed E-state index contributed by atoms with van der Waals surface area (Å²) >= 11 is 0. The summed E-state index contributed by atoms with van der Waals surface area (Å²) in [7, 11) is 0. The Morgan fingerprint density at radius 2 is 2.12 bits per heavy atom. The smallest absolute Gasteiger partial charge is 0.335 e. The van der Waals surface area contributed by atoms with E-state index in [1.165, 1.54) is 12.1 Å². The van der Waals surface area contributed by atoms with Crippen molar-refractivity contribution in [3.8, 4) is 5.75 Å². The molecule has 1 aliphatic rings. The molecule has 0 bridgehead atoms. The molecule has 0 saturated carbocycles. The Hall–Kier alpha value is -2.19. The number of nitrogens with zero attached hydrogens (tertiary/aromatic N) is 1. The summed E-state index contributed by atoms with van der Waals surface area (Å²) in [5.41, 5.74) is 0.906. The van der Waals surface area contributed by atoms with Crippen molar-refractivity contribution in [2.45, 2.75) is 46.5 Å². The Kier molecular flexibility index (Phi) is 6.72. The second kappa shape index (κ2) is 8.77. The van der Waals surface area contributed by atoms with Gasteiger partial charge in [0, 0.05) is 29.9 Å². The Balaban J connectivity index is 2.00. The fourth-order valence-corrected chi connectivity index (χ4v) is 2.31. The number of carbonyl (C=O) groups is 1. The molecule has 0 spiro atoms. The van der Waals surface area contributed by atoms with Crippen LogP contribution in [-0.4, -0.2) is 30.4 Å². The summed E-state index contributed by atoms with van der Waals surface area (Å²) in [6.45, 7) is 6.38. The Bertz CT molecular complexity index is 630. The minimum atomic E-state index is -0.697. The van der Waals surface area contributed by atoms with Gasteiger partial charge in [0.05, 0.1) is 11.5 Å². The lowest BCUT2D eigenvalue weighted by Crippen LogP contribution is -2.24. The van der Waals surface area contributed by atoms with Crippen molar-refractivity contribution >= 4 is 11.7 Å². The summed E-state index contributed by atoms with van der Waals surface area (Å²) in [4.78, 5) is 22.6. The van der Waals surface area contributed by atoms with Crippen LogP contribution in [0.2, 0.25) is 0 Å². The van der Waals surface area contributed by atoms with E-state index >= 15 is 0 Å². The van der Waals surface area contributed by atoms with Crippen LogP contribution in [0.5, 0.6) is 5.75 Å². The molecule has 1 aromatic carbocycles. The van der Waals surface area contributed by atoms with E-state index in [-0.39, 0.29) is 25.7 Å². The Morgan fingerprint density at radius 1 is 1.36 bits per heavy atom. The number of benzene rings is 1. The van der Waals surface area contributed by atoms with E-state index in [9.17, 15) is 14.9 Å². The van der Waals surface area contributed by atoms with Crippen molar-refractivity contribution in [3.05, 3.63) is 33.4 Å². The second-order valence-corrected chi connectivity index (χ2v) is 6.26. The number of rotatable bonds is 8. The minimum absolute atomic E-state index is 0.0560. The van der Waals surface area contributed by atoms with Crippen molar-refractivity contribution in [1.29, 1.82) is 0 Å². The number of esters is 1. The quantitative estimate of drug-likeness (QED) is 0.402. The molecule has 138 valence electrons. The third-order valence-corrected chi connectivity index (χ3v) is 3.75. The number of carbonyl (C=O) groups excluding carboxylic acids is 1. The zero-order chi connectivity index (χ0) is 18.4. The van der Waals surface area contributed by atoms with Gasteiger partial charge < -0.3 is 18.9 Å². The van der Waals surface area contributed by atoms with Crippen LogP contribution in [0.15, 0.2) is 12.1 Å². The average molecular weight is 353 g/mol. The molecule has 0 N–H and O–H groups in total. The topological polar surface area (TPSA) is 97.1 Å². The van der Waals surface area contributed by atoms with Gasteiger partial charge in [-0.1, -0.05) is 13.8 Å². The van der Waals surface area contributed by atoms with Gasteiger partial charge in [0.25, 0.3) is 5.69 Å². The molecule has 1 atom stereocenters. The standard InChI is InChI=1S/C17H23NO7/c1-11(2)4-5-23-12(3)17(19)24-9-14-7-15(18(20)21)6-13-8-22-10-25-16(13)14/h6-7,11-12H,4-5,8-10H2,1-3H3. The van der Waals surface area contributed by atoms with Crippen molar-refractivity contribution in [2.75, 3.05) is 13.4 Å². The van der Waals surface area contributed by atoms with Crippen molar-refractivity contribution in [2.24, 2.45) is 5.92 Å². The van der Waals surface area contributed by atoms with E-state index in [1.807, 2.05) is 0 Å². The molecule has 25 heavy (non-hydrogen) atoms. The van der Waals surface area contributed by atoms with Crippen molar-refractivity contribution in [3.63, 3.8) is 0 Å². The second-order valence-electron chi connectivity index (χ2n) is 6.26. The van der Waals surface area contributed by atoms with Crippen LogP contribution in [0.25, 0.3) is 0 Å². The van der Waals surface area contributed by atoms with Crippen molar-refractivity contribution < 1.29 is 28.7 Å². The third kappa shape index (κ3) is 5.40. The molecule has 1 aromatic rings. The highest BCUT2D eigenvalue weighted by Gasteiger charge is 2.23. The number of hydrogen-bond donors (Lipinski definition) is 0. The molecule has 0 radical (unpaired) electrons. The van der Waals surface area contributed by atoms with Crippen molar-refractivity contribution in [1.82, 2.24) is 0 Å². The molecule has 1 aliphatic heterocycles. The van der Waals surface area contributed by atoms with E-state index in [1.54, 1.807) is 6.92 Å². The highest BCUT2D eigenvalue weighted by atomic mass is 16.7. The average Bonchev–Trinajstić information content (AvgIpc) is 2.58. The molecule has 8 heteroatoms. The number of ether oxygens (including phenoxy) is 4. The molecule has 0 amide bonds. The first-order valence-electron chi connectivity index (χ1n) is 8.17. The molecular formula is C17H23NO7. The SMILES string of the molecule is CC(C)CCOC(C)C(=O)OCc1cc([N+](=O)[O-])cc2c1OCOC2. The van der Waals surface area contributed by atoms with Crippen LogP contribution < -0.4 is 4.74 Å². The van der Waals surface area contributed by atoms with E-state index in [4.69, 9.17) is 18.9 Å². The lowest BCUT2D eigenvalue weighted by molar-refractivity contribution is -0.385. The first kappa shape index (κ1) is 19.1. The van der Waals surface area contributed by atoms with Gasteiger partial charge in [-0.2, -0.15) is 0 Å². The number of hydrogen-bond acceptors (Lipinski definition) is 7. The maximum Gasteiger partial charge on any atom is 0.335 e. The minimum Gasteiger partial charge on any atom is -0.467 e. The monoisotopic (exact) mass is 353 g/mol. The predicted molar refractivity (Wildman–Crippen MR) is 88.0 cm³/mol. The van der Waals surface area contributed by atoms with Crippen LogP contribution >= 0.6 is 0 Å². The zero-order valence-electron chi connectivity index (χ0n) is 14.6. The number of nitro groups is 1. The van der Waals surface area contributed by atoms with Gasteiger partial charge in [-0.25, -0.2) is 4.79 Å². The van der Waals surface area contributed by atoms with Gasteiger partial charge in [0.15, 0.2) is 12.9 Å². The van der Waals surface area contributed by atoms with Crippen LogP contribution in [0.3, 0.4) is 0 Å². The lowest BCUT2D eigenvalue weighted by Gasteiger charge is -2.21. The van der Waals surface area contributed by atoms with Gasteiger partial charge in [0.1, 0.15) is 12.4 Å². The van der Waals surface area contributed by atoms with Crippen LogP contribution in [0, 0.1) is 16.0 Å². The van der Waals surface area contributed by atoms with Crippen LogP contribution in [0.4, 0.5) is 5.69 Å². The highest BCUT2D eigenvalue weighted by Crippen LogP contribution is 2.33. The molecule has 0 aliphatic carbocycles. The molecule has 0 aromatic heterocycles. The number of nitro benzene ring substituents is 1. The fourth-order valence-electron chi connectivity index (χ4n) is 2.31. The van der Waals surface area contributed by atoms with Crippen LogP contribution in [-0.2, 0) is 32.2 Å². The van der Waals surface area contributed by atoms with Gasteiger partial charge in [-0.15, -0.1) is 0 Å². The number of fused-ring (bicyclic) bond motifs is 1. The summed E-state index contributed by atoms with van der Waals surface area (Å²) < 4.78 is 21.2. The van der Waals surface area contributed by atoms with Gasteiger partial charge in [-0.05, 0) is 19.3 Å². The van der Waals surface area contributed by atoms with Crippen LogP contribution in [0.1, 0.15) is 38.3 Å². The predicted octanol–water partition coefficient (Wildman–Crippen LogP) is 2.96. The first-order chi connectivity index (χ1) is 11.9. The van der Waals surface area contributed by atoms with E-state index in [0.29, 0.717) is 29.4 Å². The first-order valence-corrected chi connectivity index (χ1v) is 8.17. The zero-order valence-corrected chi connectivity index (χ0v) is 14.6. The highest BCUT2D eigenvalue weighted by molar-refractivity contribution is 5.74. The summed E-state index contributed by atoms with van der Waals surface area (Å²) in [6.07, 6.45) is 0.154. The normalized spacial score (nSPS) is 14.6. The van der Waals surface area contributed by atoms with Gasteiger partial charge in [0.2, 0.25) is 0 Å². The lowest BCUT2D eigenvalue weighted by atomic mass is 10.1. The van der Waals surface area contributed by atoms with E-state index in [0.717, 1.165) is 6.42 Å². The van der Waals surface area contributed by atoms with E-state index in [2.05, 4.69) is 13.8 Å². The molecule has 0 saturated heterocycles. The third-order valence-electron chi connectivity index (χ3n) is 3.75. The molecule has 0 fully saturated rings. The maximum atomic E-state index is 12.0. The summed E-state index contributed by atoms with van der Waals surface area (Å²) in [6, 6.07) is 2.75. The largest absolute Gasteiger partial charge is 0.467 e. The fraction of sp³-hybridized carbons (Fsp3) is 0.588. The van der Waals surface area contributed by atoms with Gasteiger partial charge in [-0.3, -0.25) is 10.1 Å². The Labute approximate surface area is 146 Å².